The standard InChI is InChI=1S/C21H20N2O2S/c1-14(24)15-6-8-17(9-7-15)21(25)23-12-10-16(11-13-23)20-22-18-4-2-3-5-19(18)26-20/h2-9,16H,10-13H2,1H3. The molecular weight excluding hydrogens is 344 g/mol. The van der Waals surface area contributed by atoms with Gasteiger partial charge in [0.25, 0.3) is 5.91 Å². The van der Waals surface area contributed by atoms with Gasteiger partial charge in [-0.05, 0) is 44.0 Å². The SMILES string of the molecule is CC(=O)c1ccc(C(=O)N2CCC(c3nc4ccccc4s3)CC2)cc1. The molecule has 1 saturated heterocycles. The van der Waals surface area contributed by atoms with Crippen LogP contribution >= 0.6 is 11.3 Å². The van der Waals surface area contributed by atoms with Gasteiger partial charge in [-0.3, -0.25) is 9.59 Å². The van der Waals surface area contributed by atoms with Gasteiger partial charge in [-0.15, -0.1) is 11.3 Å². The van der Waals surface area contributed by atoms with E-state index < -0.39 is 0 Å². The number of amides is 1. The van der Waals surface area contributed by atoms with Crippen molar-refractivity contribution >= 4 is 33.2 Å². The zero-order valence-corrected chi connectivity index (χ0v) is 15.5. The molecule has 4 nitrogen and oxygen atoms in total. The number of ketones is 1. The van der Waals surface area contributed by atoms with Crippen LogP contribution in [-0.4, -0.2) is 34.7 Å². The number of carbonyl (C=O) groups excluding carboxylic acids is 2. The number of benzene rings is 2. The van der Waals surface area contributed by atoms with Gasteiger partial charge in [0.15, 0.2) is 5.78 Å². The lowest BCUT2D eigenvalue weighted by atomic mass is 9.97. The highest BCUT2D eigenvalue weighted by molar-refractivity contribution is 7.18. The van der Waals surface area contributed by atoms with Crippen molar-refractivity contribution in [1.29, 1.82) is 0 Å². The summed E-state index contributed by atoms with van der Waals surface area (Å²) < 4.78 is 1.23. The van der Waals surface area contributed by atoms with E-state index >= 15 is 0 Å². The van der Waals surface area contributed by atoms with E-state index in [2.05, 4.69) is 12.1 Å². The van der Waals surface area contributed by atoms with Gasteiger partial charge < -0.3 is 4.90 Å². The number of fused-ring (bicyclic) bond motifs is 1. The highest BCUT2D eigenvalue weighted by Crippen LogP contribution is 2.34. The summed E-state index contributed by atoms with van der Waals surface area (Å²) in [6.07, 6.45) is 1.88. The molecule has 0 bridgehead atoms. The van der Waals surface area contributed by atoms with E-state index in [1.54, 1.807) is 35.6 Å². The van der Waals surface area contributed by atoms with Crippen LogP contribution in [0.1, 0.15) is 51.4 Å². The second kappa shape index (κ2) is 7.00. The first kappa shape index (κ1) is 16.9. The molecule has 3 aromatic rings. The summed E-state index contributed by atoms with van der Waals surface area (Å²) in [6.45, 7) is 3.02. The van der Waals surface area contributed by atoms with Crippen molar-refractivity contribution in [3.8, 4) is 0 Å². The lowest BCUT2D eigenvalue weighted by Gasteiger charge is -2.31. The number of carbonyl (C=O) groups is 2. The predicted octanol–water partition coefficient (Wildman–Crippen LogP) is 4.52. The maximum atomic E-state index is 12.7. The first-order valence-corrected chi connectivity index (χ1v) is 9.69. The highest BCUT2D eigenvalue weighted by Gasteiger charge is 2.26. The van der Waals surface area contributed by atoms with E-state index in [0.717, 1.165) is 31.4 Å². The minimum absolute atomic E-state index is 0.0145. The maximum Gasteiger partial charge on any atom is 0.253 e. The number of likely N-dealkylation sites (tertiary alicyclic amines) is 1. The van der Waals surface area contributed by atoms with Gasteiger partial charge in [-0.2, -0.15) is 0 Å². The third kappa shape index (κ3) is 3.27. The molecule has 5 heteroatoms. The average Bonchev–Trinajstić information content (AvgIpc) is 3.12. The first-order chi connectivity index (χ1) is 12.6. The average molecular weight is 364 g/mol. The van der Waals surface area contributed by atoms with Crippen LogP contribution in [-0.2, 0) is 0 Å². The van der Waals surface area contributed by atoms with Gasteiger partial charge in [0.05, 0.1) is 15.2 Å². The number of hydrogen-bond donors (Lipinski definition) is 0. The Hall–Kier alpha value is -2.53. The Labute approximate surface area is 156 Å². The van der Waals surface area contributed by atoms with Gasteiger partial charge in [0.1, 0.15) is 0 Å². The van der Waals surface area contributed by atoms with Crippen molar-refractivity contribution in [3.05, 3.63) is 64.7 Å². The summed E-state index contributed by atoms with van der Waals surface area (Å²) in [5.41, 5.74) is 2.35. The molecule has 2 aromatic carbocycles. The Kier molecular flexibility index (Phi) is 4.55. The molecule has 1 aromatic heterocycles. The minimum atomic E-state index is 0.0145. The zero-order valence-electron chi connectivity index (χ0n) is 14.6. The first-order valence-electron chi connectivity index (χ1n) is 8.87. The second-order valence-corrected chi connectivity index (χ2v) is 7.78. The molecule has 0 atom stereocenters. The Morgan fingerprint density at radius 1 is 1.00 bits per heavy atom. The fraction of sp³-hybridized carbons (Fsp3) is 0.286. The van der Waals surface area contributed by atoms with Gasteiger partial charge in [0.2, 0.25) is 0 Å². The van der Waals surface area contributed by atoms with E-state index in [-0.39, 0.29) is 11.7 Å². The van der Waals surface area contributed by atoms with E-state index in [0.29, 0.717) is 17.0 Å². The van der Waals surface area contributed by atoms with Crippen molar-refractivity contribution in [2.24, 2.45) is 0 Å². The van der Waals surface area contributed by atoms with E-state index in [1.165, 1.54) is 16.6 Å². The number of thiazole rings is 1. The fourth-order valence-corrected chi connectivity index (χ4v) is 4.56. The molecule has 26 heavy (non-hydrogen) atoms. The largest absolute Gasteiger partial charge is 0.339 e. The molecule has 2 heterocycles. The third-order valence-electron chi connectivity index (χ3n) is 4.98. The summed E-state index contributed by atoms with van der Waals surface area (Å²) in [7, 11) is 0. The van der Waals surface area contributed by atoms with Gasteiger partial charge in [0, 0.05) is 30.1 Å². The van der Waals surface area contributed by atoms with Crippen LogP contribution in [0.5, 0.6) is 0 Å². The van der Waals surface area contributed by atoms with Gasteiger partial charge in [-0.1, -0.05) is 24.3 Å². The molecule has 0 unspecified atom stereocenters. The maximum absolute atomic E-state index is 12.7. The van der Waals surface area contributed by atoms with Crippen LogP contribution in [0.4, 0.5) is 0 Å². The molecule has 1 aliphatic rings. The molecular formula is C21H20N2O2S. The zero-order chi connectivity index (χ0) is 18.1. The Bertz CT molecular complexity index is 921. The van der Waals surface area contributed by atoms with Crippen molar-refractivity contribution in [2.75, 3.05) is 13.1 Å². The predicted molar refractivity (Wildman–Crippen MR) is 104 cm³/mol. The molecule has 1 aliphatic heterocycles. The Balaban J connectivity index is 1.42. The lowest BCUT2D eigenvalue weighted by molar-refractivity contribution is 0.0712. The summed E-state index contributed by atoms with van der Waals surface area (Å²) in [5, 5.41) is 1.18. The van der Waals surface area contributed by atoms with Crippen LogP contribution in [0.15, 0.2) is 48.5 Å². The fourth-order valence-electron chi connectivity index (χ4n) is 3.42. The number of piperidine rings is 1. The van der Waals surface area contributed by atoms with E-state index in [1.807, 2.05) is 17.0 Å². The molecule has 0 N–H and O–H groups in total. The quantitative estimate of drug-likeness (QED) is 0.642. The van der Waals surface area contributed by atoms with Crippen molar-refractivity contribution in [2.45, 2.75) is 25.7 Å². The molecule has 0 spiro atoms. The molecule has 0 aliphatic carbocycles. The van der Waals surface area contributed by atoms with Crippen LogP contribution in [0.25, 0.3) is 10.2 Å². The lowest BCUT2D eigenvalue weighted by Crippen LogP contribution is -2.37. The monoisotopic (exact) mass is 364 g/mol. The van der Waals surface area contributed by atoms with Gasteiger partial charge >= 0.3 is 0 Å². The number of para-hydroxylation sites is 1. The minimum Gasteiger partial charge on any atom is -0.339 e. The molecule has 132 valence electrons. The smallest absolute Gasteiger partial charge is 0.253 e. The molecule has 1 amide bonds. The Morgan fingerprint density at radius 2 is 1.65 bits per heavy atom. The number of nitrogens with zero attached hydrogens (tertiary/aromatic N) is 2. The molecule has 1 fully saturated rings. The van der Waals surface area contributed by atoms with Crippen LogP contribution in [0, 0.1) is 0 Å². The normalized spacial score (nSPS) is 15.3. The topological polar surface area (TPSA) is 50.3 Å². The molecule has 4 rings (SSSR count). The summed E-state index contributed by atoms with van der Waals surface area (Å²) >= 11 is 1.77. The summed E-state index contributed by atoms with van der Waals surface area (Å²) in [6, 6.07) is 15.2. The summed E-state index contributed by atoms with van der Waals surface area (Å²) in [5.74, 6) is 0.486. The number of Topliss-reactive ketones (excluding diaryl/α,β-unsaturated/α-hetero) is 1. The number of hydrogen-bond acceptors (Lipinski definition) is 4. The third-order valence-corrected chi connectivity index (χ3v) is 6.18. The van der Waals surface area contributed by atoms with Crippen LogP contribution < -0.4 is 0 Å². The number of rotatable bonds is 3. The number of aromatic nitrogens is 1. The van der Waals surface area contributed by atoms with E-state index in [4.69, 9.17) is 4.98 Å². The van der Waals surface area contributed by atoms with Crippen LogP contribution in [0.2, 0.25) is 0 Å². The van der Waals surface area contributed by atoms with Crippen molar-refractivity contribution < 1.29 is 9.59 Å². The van der Waals surface area contributed by atoms with Crippen molar-refractivity contribution in [3.63, 3.8) is 0 Å². The van der Waals surface area contributed by atoms with E-state index in [9.17, 15) is 9.59 Å². The molecule has 0 saturated carbocycles. The van der Waals surface area contributed by atoms with Crippen LogP contribution in [0.3, 0.4) is 0 Å². The Morgan fingerprint density at radius 3 is 2.31 bits per heavy atom. The summed E-state index contributed by atoms with van der Waals surface area (Å²) in [4.78, 5) is 30.7. The molecule has 0 radical (unpaired) electrons. The van der Waals surface area contributed by atoms with Crippen molar-refractivity contribution in [1.82, 2.24) is 9.88 Å². The highest BCUT2D eigenvalue weighted by atomic mass is 32.1. The van der Waals surface area contributed by atoms with Gasteiger partial charge in [-0.25, -0.2) is 4.98 Å². The second-order valence-electron chi connectivity index (χ2n) is 6.72.